The molecular formula is C25H30N2O. The van der Waals surface area contributed by atoms with Gasteiger partial charge in [0.15, 0.2) is 0 Å². The summed E-state index contributed by atoms with van der Waals surface area (Å²) in [5.74, 6) is 2.48. The van der Waals surface area contributed by atoms with Gasteiger partial charge in [-0.1, -0.05) is 60.7 Å². The van der Waals surface area contributed by atoms with E-state index in [1.165, 1.54) is 44.1 Å². The second kappa shape index (κ2) is 7.27. The van der Waals surface area contributed by atoms with Crippen LogP contribution in [0.5, 0.6) is 0 Å². The molecule has 6 rings (SSSR count). The first-order valence-corrected chi connectivity index (χ1v) is 10.8. The molecule has 0 radical (unpaired) electrons. The molecule has 4 saturated carbocycles. The highest BCUT2D eigenvalue weighted by Gasteiger charge is 2.54. The number of amides is 2. The molecule has 0 saturated heterocycles. The number of nitrogens with one attached hydrogen (secondary N) is 1. The molecule has 3 heteroatoms. The van der Waals surface area contributed by atoms with Gasteiger partial charge in [0.25, 0.3) is 0 Å². The molecule has 4 aliphatic carbocycles. The molecule has 28 heavy (non-hydrogen) atoms. The Morgan fingerprint density at radius 1 is 0.821 bits per heavy atom. The molecule has 4 aliphatic rings. The summed E-state index contributed by atoms with van der Waals surface area (Å²) in [6.07, 6.45) is 7.78. The SMILES string of the molecule is O=C(NCc1ccccc1)N(Cc1ccccc1)C12CC3CC(CC(C3)C1)C2. The van der Waals surface area contributed by atoms with E-state index in [1.807, 2.05) is 24.3 Å². The Bertz CT molecular complexity index is 782. The smallest absolute Gasteiger partial charge is 0.318 e. The fraction of sp³-hybridized carbons (Fsp3) is 0.480. The zero-order valence-corrected chi connectivity index (χ0v) is 16.5. The standard InChI is InChI=1S/C25H30N2O/c28-24(26-17-19-7-3-1-4-8-19)27(18-20-9-5-2-6-10-20)25-14-21-11-22(15-25)13-23(12-21)16-25/h1-10,21-23H,11-18H2,(H,26,28). The Morgan fingerprint density at radius 3 is 1.86 bits per heavy atom. The zero-order chi connectivity index (χ0) is 19.0. The van der Waals surface area contributed by atoms with Crippen LogP contribution in [0.4, 0.5) is 4.79 Å². The largest absolute Gasteiger partial charge is 0.334 e. The normalized spacial score (nSPS) is 30.2. The van der Waals surface area contributed by atoms with Crippen molar-refractivity contribution in [3.63, 3.8) is 0 Å². The number of hydrogen-bond donors (Lipinski definition) is 1. The molecule has 4 bridgehead atoms. The number of rotatable bonds is 5. The molecule has 2 aromatic rings. The predicted octanol–water partition coefficient (Wildman–Crippen LogP) is 5.37. The van der Waals surface area contributed by atoms with Crippen LogP contribution in [0.1, 0.15) is 49.7 Å². The lowest BCUT2D eigenvalue weighted by atomic mass is 9.52. The van der Waals surface area contributed by atoms with E-state index < -0.39 is 0 Å². The predicted molar refractivity (Wildman–Crippen MR) is 112 cm³/mol. The summed E-state index contributed by atoms with van der Waals surface area (Å²) < 4.78 is 0. The summed E-state index contributed by atoms with van der Waals surface area (Å²) in [4.78, 5) is 15.7. The minimum absolute atomic E-state index is 0.0609. The van der Waals surface area contributed by atoms with E-state index in [0.29, 0.717) is 13.1 Å². The highest BCUT2D eigenvalue weighted by atomic mass is 16.2. The molecule has 2 amide bonds. The van der Waals surface area contributed by atoms with Crippen LogP contribution in [-0.2, 0) is 13.1 Å². The first-order valence-electron chi connectivity index (χ1n) is 10.8. The lowest BCUT2D eigenvalue weighted by Gasteiger charge is -2.60. The Balaban J connectivity index is 1.39. The summed E-state index contributed by atoms with van der Waals surface area (Å²) in [6.45, 7) is 1.31. The van der Waals surface area contributed by atoms with Gasteiger partial charge in [-0.05, 0) is 67.4 Å². The Labute approximate surface area is 168 Å². The average molecular weight is 375 g/mol. The van der Waals surface area contributed by atoms with Crippen molar-refractivity contribution in [1.82, 2.24) is 10.2 Å². The van der Waals surface area contributed by atoms with Crippen LogP contribution in [0.3, 0.4) is 0 Å². The molecular weight excluding hydrogens is 344 g/mol. The molecule has 1 N–H and O–H groups in total. The van der Waals surface area contributed by atoms with Gasteiger partial charge in [-0.25, -0.2) is 4.79 Å². The van der Waals surface area contributed by atoms with Crippen LogP contribution in [0, 0.1) is 17.8 Å². The van der Waals surface area contributed by atoms with Gasteiger partial charge in [0, 0.05) is 18.6 Å². The lowest BCUT2D eigenvalue weighted by molar-refractivity contribution is -0.0732. The highest BCUT2D eigenvalue weighted by Crippen LogP contribution is 2.58. The summed E-state index contributed by atoms with van der Waals surface area (Å²) in [6, 6.07) is 20.8. The number of carbonyl (C=O) groups excluding carboxylic acids is 1. The van der Waals surface area contributed by atoms with E-state index in [-0.39, 0.29) is 11.6 Å². The van der Waals surface area contributed by atoms with E-state index in [2.05, 4.69) is 46.6 Å². The Hall–Kier alpha value is -2.29. The number of nitrogens with zero attached hydrogens (tertiary/aromatic N) is 1. The monoisotopic (exact) mass is 374 g/mol. The van der Waals surface area contributed by atoms with Crippen molar-refractivity contribution >= 4 is 6.03 Å². The first-order chi connectivity index (χ1) is 13.7. The Morgan fingerprint density at radius 2 is 1.32 bits per heavy atom. The van der Waals surface area contributed by atoms with Gasteiger partial charge in [-0.3, -0.25) is 0 Å². The third-order valence-electron chi connectivity index (χ3n) is 7.29. The maximum atomic E-state index is 13.5. The third kappa shape index (κ3) is 3.43. The van der Waals surface area contributed by atoms with Crippen molar-refractivity contribution in [2.45, 2.75) is 57.2 Å². The van der Waals surface area contributed by atoms with Crippen molar-refractivity contribution < 1.29 is 4.79 Å². The van der Waals surface area contributed by atoms with Crippen molar-refractivity contribution in [3.05, 3.63) is 71.8 Å². The van der Waals surface area contributed by atoms with E-state index in [0.717, 1.165) is 23.3 Å². The van der Waals surface area contributed by atoms with E-state index in [9.17, 15) is 4.79 Å². The molecule has 0 spiro atoms. The molecule has 0 aromatic heterocycles. The summed E-state index contributed by atoms with van der Waals surface area (Å²) >= 11 is 0. The minimum Gasteiger partial charge on any atom is -0.334 e. The molecule has 0 atom stereocenters. The molecule has 0 unspecified atom stereocenters. The van der Waals surface area contributed by atoms with E-state index in [1.54, 1.807) is 0 Å². The molecule has 0 aliphatic heterocycles. The van der Waals surface area contributed by atoms with Gasteiger partial charge in [0.1, 0.15) is 0 Å². The van der Waals surface area contributed by atoms with Crippen molar-refractivity contribution in [2.75, 3.05) is 0 Å². The second-order valence-electron chi connectivity index (χ2n) is 9.36. The average Bonchev–Trinajstić information content (AvgIpc) is 2.71. The van der Waals surface area contributed by atoms with Gasteiger partial charge < -0.3 is 10.2 Å². The van der Waals surface area contributed by atoms with Crippen LogP contribution in [0.15, 0.2) is 60.7 Å². The second-order valence-corrected chi connectivity index (χ2v) is 9.36. The Kier molecular flexibility index (Phi) is 4.62. The fourth-order valence-electron chi connectivity index (χ4n) is 6.49. The number of urea groups is 1. The molecule has 4 fully saturated rings. The number of carbonyl (C=O) groups is 1. The first kappa shape index (κ1) is 17.8. The topological polar surface area (TPSA) is 32.3 Å². The maximum Gasteiger partial charge on any atom is 0.318 e. The van der Waals surface area contributed by atoms with Crippen LogP contribution >= 0.6 is 0 Å². The fourth-order valence-corrected chi connectivity index (χ4v) is 6.49. The summed E-state index contributed by atoms with van der Waals surface area (Å²) in [5.41, 5.74) is 2.44. The quantitative estimate of drug-likeness (QED) is 0.750. The molecule has 0 heterocycles. The van der Waals surface area contributed by atoms with E-state index >= 15 is 0 Å². The van der Waals surface area contributed by atoms with Gasteiger partial charge in [-0.2, -0.15) is 0 Å². The molecule has 3 nitrogen and oxygen atoms in total. The van der Waals surface area contributed by atoms with Gasteiger partial charge in [-0.15, -0.1) is 0 Å². The third-order valence-corrected chi connectivity index (χ3v) is 7.29. The lowest BCUT2D eigenvalue weighted by Crippen LogP contribution is -2.62. The van der Waals surface area contributed by atoms with Gasteiger partial charge in [0.05, 0.1) is 0 Å². The number of hydrogen-bond acceptors (Lipinski definition) is 1. The summed E-state index contributed by atoms with van der Waals surface area (Å²) in [7, 11) is 0. The van der Waals surface area contributed by atoms with Crippen LogP contribution < -0.4 is 5.32 Å². The van der Waals surface area contributed by atoms with Gasteiger partial charge in [0.2, 0.25) is 0 Å². The maximum absolute atomic E-state index is 13.5. The molecule has 2 aromatic carbocycles. The number of benzene rings is 2. The van der Waals surface area contributed by atoms with Crippen LogP contribution in [0.25, 0.3) is 0 Å². The zero-order valence-electron chi connectivity index (χ0n) is 16.5. The van der Waals surface area contributed by atoms with Crippen LogP contribution in [0.2, 0.25) is 0 Å². The van der Waals surface area contributed by atoms with Crippen molar-refractivity contribution in [1.29, 1.82) is 0 Å². The van der Waals surface area contributed by atoms with Gasteiger partial charge >= 0.3 is 6.03 Å². The molecule has 146 valence electrons. The van der Waals surface area contributed by atoms with Crippen molar-refractivity contribution in [2.24, 2.45) is 17.8 Å². The summed E-state index contributed by atoms with van der Waals surface area (Å²) in [5, 5.41) is 3.23. The van der Waals surface area contributed by atoms with E-state index in [4.69, 9.17) is 0 Å². The minimum atomic E-state index is 0.0609. The highest BCUT2D eigenvalue weighted by molar-refractivity contribution is 5.75. The van der Waals surface area contributed by atoms with Crippen molar-refractivity contribution in [3.8, 4) is 0 Å². The van der Waals surface area contributed by atoms with Crippen LogP contribution in [-0.4, -0.2) is 16.5 Å².